The highest BCUT2D eigenvalue weighted by Crippen LogP contribution is 2.38. The summed E-state index contributed by atoms with van der Waals surface area (Å²) in [5.41, 5.74) is 4.93. The lowest BCUT2D eigenvalue weighted by Gasteiger charge is -2.09. The molecule has 1 saturated carbocycles. The Bertz CT molecular complexity index is 1080. The van der Waals surface area contributed by atoms with Crippen LogP contribution in [-0.2, 0) is 9.53 Å². The molecular weight excluding hydrogens is 386 g/mol. The van der Waals surface area contributed by atoms with Gasteiger partial charge in [0.15, 0.2) is 6.61 Å². The first-order valence-corrected chi connectivity index (χ1v) is 10.5. The molecule has 1 amide bonds. The molecule has 0 spiro atoms. The number of nitrogens with one attached hydrogen (secondary N) is 1. The fourth-order valence-corrected chi connectivity index (χ4v) is 4.16. The van der Waals surface area contributed by atoms with Gasteiger partial charge in [-0.3, -0.25) is 4.79 Å². The lowest BCUT2D eigenvalue weighted by molar-refractivity contribution is -0.119. The van der Waals surface area contributed by atoms with Crippen molar-refractivity contribution in [2.45, 2.75) is 39.7 Å². The number of rotatable bonds is 6. The maximum atomic E-state index is 12.4. The van der Waals surface area contributed by atoms with Crippen LogP contribution in [0, 0.1) is 20.8 Å². The number of carbonyl (C=O) groups is 2. The van der Waals surface area contributed by atoms with Gasteiger partial charge in [-0.1, -0.05) is 12.1 Å². The Balaban J connectivity index is 1.37. The first kappa shape index (κ1) is 19.4. The number of hydrogen-bond donors (Lipinski definition) is 1. The topological polar surface area (TPSA) is 73.2 Å². The Labute approximate surface area is 173 Å². The van der Waals surface area contributed by atoms with Crippen LogP contribution in [0.5, 0.6) is 0 Å². The van der Waals surface area contributed by atoms with Crippen LogP contribution in [0.4, 0.5) is 5.69 Å². The molecule has 1 N–H and O–H groups in total. The molecule has 2 aromatic heterocycles. The van der Waals surface area contributed by atoms with Crippen LogP contribution in [0.25, 0.3) is 11.3 Å². The molecule has 1 aliphatic rings. The standard InChI is InChI=1S/C22H23N3O3S/c1-13-9-19(14(2)25(13)18-7-8-18)22(27)28-11-21(26)24-17-6-4-5-16(10-17)20-12-29-15(3)23-20/h4-6,9-10,12,18H,7-8,11H2,1-3H3,(H,24,26). The second kappa shape index (κ2) is 7.83. The largest absolute Gasteiger partial charge is 0.452 e. The number of benzene rings is 1. The van der Waals surface area contributed by atoms with Gasteiger partial charge in [0, 0.05) is 34.1 Å². The normalized spacial score (nSPS) is 13.3. The number of thiazole rings is 1. The third-order valence-corrected chi connectivity index (χ3v) is 5.79. The van der Waals surface area contributed by atoms with Crippen LogP contribution >= 0.6 is 11.3 Å². The van der Waals surface area contributed by atoms with E-state index in [2.05, 4.69) is 14.9 Å². The zero-order valence-corrected chi connectivity index (χ0v) is 17.5. The summed E-state index contributed by atoms with van der Waals surface area (Å²) in [7, 11) is 0. The van der Waals surface area contributed by atoms with Crippen molar-refractivity contribution in [3.63, 3.8) is 0 Å². The minimum absolute atomic E-state index is 0.327. The van der Waals surface area contributed by atoms with E-state index in [0.717, 1.165) is 40.5 Å². The Hall–Kier alpha value is -2.93. The second-order valence-electron chi connectivity index (χ2n) is 7.34. The van der Waals surface area contributed by atoms with Crippen LogP contribution in [-0.4, -0.2) is 28.0 Å². The fourth-order valence-electron chi connectivity index (χ4n) is 3.54. The third-order valence-electron chi connectivity index (χ3n) is 5.01. The summed E-state index contributed by atoms with van der Waals surface area (Å²) in [5.74, 6) is -0.840. The van der Waals surface area contributed by atoms with Crippen LogP contribution in [0.15, 0.2) is 35.7 Å². The van der Waals surface area contributed by atoms with E-state index in [1.807, 2.05) is 50.4 Å². The number of amides is 1. The molecule has 0 unspecified atom stereocenters. The molecule has 0 atom stereocenters. The van der Waals surface area contributed by atoms with Gasteiger partial charge < -0.3 is 14.6 Å². The highest BCUT2D eigenvalue weighted by molar-refractivity contribution is 7.09. The van der Waals surface area contributed by atoms with E-state index in [-0.39, 0.29) is 12.5 Å². The van der Waals surface area contributed by atoms with Gasteiger partial charge >= 0.3 is 5.97 Å². The molecule has 1 aromatic carbocycles. The Morgan fingerprint density at radius 1 is 1.24 bits per heavy atom. The van der Waals surface area contributed by atoms with Gasteiger partial charge in [-0.2, -0.15) is 0 Å². The van der Waals surface area contributed by atoms with Crippen molar-refractivity contribution in [2.75, 3.05) is 11.9 Å². The lowest BCUT2D eigenvalue weighted by atomic mass is 10.1. The Morgan fingerprint density at radius 3 is 2.72 bits per heavy atom. The molecule has 0 aliphatic heterocycles. The molecule has 1 fully saturated rings. The van der Waals surface area contributed by atoms with Crippen molar-refractivity contribution in [1.29, 1.82) is 0 Å². The lowest BCUT2D eigenvalue weighted by Crippen LogP contribution is -2.21. The molecule has 4 rings (SSSR count). The van der Waals surface area contributed by atoms with Crippen molar-refractivity contribution in [3.8, 4) is 11.3 Å². The minimum Gasteiger partial charge on any atom is -0.452 e. The summed E-state index contributed by atoms with van der Waals surface area (Å²) < 4.78 is 7.44. The number of aromatic nitrogens is 2. The number of anilines is 1. The van der Waals surface area contributed by atoms with Gasteiger partial charge in [-0.25, -0.2) is 9.78 Å². The van der Waals surface area contributed by atoms with E-state index in [9.17, 15) is 9.59 Å². The second-order valence-corrected chi connectivity index (χ2v) is 8.41. The van der Waals surface area contributed by atoms with Crippen molar-refractivity contribution < 1.29 is 14.3 Å². The Kier molecular flexibility index (Phi) is 5.24. The van der Waals surface area contributed by atoms with Crippen molar-refractivity contribution in [3.05, 3.63) is 57.7 Å². The van der Waals surface area contributed by atoms with Gasteiger partial charge in [-0.05, 0) is 51.8 Å². The molecular formula is C22H23N3O3S. The van der Waals surface area contributed by atoms with Gasteiger partial charge in [0.05, 0.1) is 16.3 Å². The first-order valence-electron chi connectivity index (χ1n) is 9.60. The minimum atomic E-state index is -0.466. The van der Waals surface area contributed by atoms with Gasteiger partial charge in [-0.15, -0.1) is 11.3 Å². The summed E-state index contributed by atoms with van der Waals surface area (Å²) in [6.45, 7) is 5.54. The van der Waals surface area contributed by atoms with E-state index in [0.29, 0.717) is 17.3 Å². The van der Waals surface area contributed by atoms with Gasteiger partial charge in [0.25, 0.3) is 5.91 Å². The maximum absolute atomic E-state index is 12.4. The quantitative estimate of drug-likeness (QED) is 0.601. The highest BCUT2D eigenvalue weighted by atomic mass is 32.1. The summed E-state index contributed by atoms with van der Waals surface area (Å²) in [4.78, 5) is 29.2. The SMILES string of the molecule is Cc1nc(-c2cccc(NC(=O)COC(=O)c3cc(C)n(C4CC4)c3C)c2)cs1. The number of hydrogen-bond acceptors (Lipinski definition) is 5. The molecule has 1 aliphatic carbocycles. The summed E-state index contributed by atoms with van der Waals surface area (Å²) in [5, 5.41) is 5.75. The van der Waals surface area contributed by atoms with E-state index >= 15 is 0 Å². The van der Waals surface area contributed by atoms with E-state index in [1.54, 1.807) is 17.4 Å². The molecule has 150 valence electrons. The van der Waals surface area contributed by atoms with E-state index < -0.39 is 5.97 Å². The van der Waals surface area contributed by atoms with Gasteiger partial charge in [0.2, 0.25) is 0 Å². The fraction of sp³-hybridized carbons (Fsp3) is 0.318. The number of aryl methyl sites for hydroxylation is 2. The predicted molar refractivity (Wildman–Crippen MR) is 113 cm³/mol. The molecule has 3 aromatic rings. The van der Waals surface area contributed by atoms with E-state index in [1.165, 1.54) is 0 Å². The zero-order chi connectivity index (χ0) is 20.5. The molecule has 29 heavy (non-hydrogen) atoms. The Morgan fingerprint density at radius 2 is 2.03 bits per heavy atom. The number of nitrogens with zero attached hydrogens (tertiary/aromatic N) is 2. The van der Waals surface area contributed by atoms with Crippen molar-refractivity contribution in [1.82, 2.24) is 9.55 Å². The van der Waals surface area contributed by atoms with Crippen LogP contribution in [0.1, 0.15) is 45.6 Å². The molecule has 2 heterocycles. The van der Waals surface area contributed by atoms with Crippen molar-refractivity contribution >= 4 is 28.9 Å². The number of ether oxygens (including phenoxy) is 1. The van der Waals surface area contributed by atoms with Gasteiger partial charge in [0.1, 0.15) is 0 Å². The average Bonchev–Trinajstić information content (AvgIpc) is 3.35. The summed E-state index contributed by atoms with van der Waals surface area (Å²) in [6.07, 6.45) is 2.29. The molecule has 6 nitrogen and oxygen atoms in total. The van der Waals surface area contributed by atoms with E-state index in [4.69, 9.17) is 4.74 Å². The van der Waals surface area contributed by atoms with Crippen LogP contribution in [0.2, 0.25) is 0 Å². The van der Waals surface area contributed by atoms with Crippen molar-refractivity contribution in [2.24, 2.45) is 0 Å². The smallest absolute Gasteiger partial charge is 0.340 e. The summed E-state index contributed by atoms with van der Waals surface area (Å²) >= 11 is 1.58. The third kappa shape index (κ3) is 4.24. The summed E-state index contributed by atoms with van der Waals surface area (Å²) in [6, 6.07) is 9.79. The maximum Gasteiger partial charge on any atom is 0.340 e. The van der Waals surface area contributed by atoms with Crippen LogP contribution < -0.4 is 5.32 Å². The average molecular weight is 410 g/mol. The predicted octanol–water partition coefficient (Wildman–Crippen LogP) is 4.67. The highest BCUT2D eigenvalue weighted by Gasteiger charge is 2.28. The molecule has 0 bridgehead atoms. The molecule has 0 radical (unpaired) electrons. The first-order chi connectivity index (χ1) is 13.9. The number of esters is 1. The monoisotopic (exact) mass is 409 g/mol. The number of carbonyl (C=O) groups excluding carboxylic acids is 2. The molecule has 0 saturated heterocycles. The molecule has 7 heteroatoms. The van der Waals surface area contributed by atoms with Crippen LogP contribution in [0.3, 0.4) is 0 Å². The zero-order valence-electron chi connectivity index (χ0n) is 16.7.